The lowest BCUT2D eigenvalue weighted by molar-refractivity contribution is 0.0916. The van der Waals surface area contributed by atoms with Gasteiger partial charge in [-0.15, -0.1) is 12.4 Å². The summed E-state index contributed by atoms with van der Waals surface area (Å²) in [5, 5.41) is 5.07. The standard InChI is InChI=1S/C15H17BrN2O.ClH/c1-15(2,9-17)18-14(19)12-4-3-11-8-13(16)6-5-10(11)7-12;/h3-8H,9,17H2,1-2H3,(H,18,19);1H. The van der Waals surface area contributed by atoms with Gasteiger partial charge >= 0.3 is 0 Å². The molecule has 0 radical (unpaired) electrons. The zero-order chi connectivity index (χ0) is 14.0. The average molecular weight is 358 g/mol. The van der Waals surface area contributed by atoms with Crippen LogP contribution in [0.1, 0.15) is 24.2 Å². The van der Waals surface area contributed by atoms with Crippen molar-refractivity contribution in [1.29, 1.82) is 0 Å². The number of fused-ring (bicyclic) bond motifs is 1. The Morgan fingerprint density at radius 3 is 2.45 bits per heavy atom. The highest BCUT2D eigenvalue weighted by Crippen LogP contribution is 2.21. The molecular weight excluding hydrogens is 340 g/mol. The van der Waals surface area contributed by atoms with Crippen molar-refractivity contribution in [1.82, 2.24) is 5.32 Å². The number of halogens is 2. The molecule has 20 heavy (non-hydrogen) atoms. The average Bonchev–Trinajstić information content (AvgIpc) is 2.37. The number of benzene rings is 2. The molecule has 0 atom stereocenters. The van der Waals surface area contributed by atoms with Gasteiger partial charge in [-0.05, 0) is 48.9 Å². The molecule has 0 saturated heterocycles. The highest BCUT2D eigenvalue weighted by molar-refractivity contribution is 9.10. The molecular formula is C15H18BrClN2O. The molecule has 3 nitrogen and oxygen atoms in total. The molecule has 5 heteroatoms. The third-order valence-electron chi connectivity index (χ3n) is 3.03. The molecule has 0 aliphatic heterocycles. The van der Waals surface area contributed by atoms with Crippen LogP contribution in [-0.2, 0) is 0 Å². The van der Waals surface area contributed by atoms with Crippen LogP contribution in [-0.4, -0.2) is 18.0 Å². The number of nitrogens with two attached hydrogens (primary N) is 1. The van der Waals surface area contributed by atoms with E-state index in [2.05, 4.69) is 21.2 Å². The molecule has 0 unspecified atom stereocenters. The van der Waals surface area contributed by atoms with Crippen LogP contribution in [0.25, 0.3) is 10.8 Å². The maximum absolute atomic E-state index is 12.2. The molecule has 0 bridgehead atoms. The van der Waals surface area contributed by atoms with Gasteiger partial charge in [0.2, 0.25) is 0 Å². The second-order valence-electron chi connectivity index (χ2n) is 5.25. The molecule has 0 aromatic heterocycles. The molecule has 108 valence electrons. The van der Waals surface area contributed by atoms with E-state index in [1.807, 2.05) is 50.2 Å². The summed E-state index contributed by atoms with van der Waals surface area (Å²) in [6.07, 6.45) is 0. The summed E-state index contributed by atoms with van der Waals surface area (Å²) in [5.74, 6) is -0.0970. The lowest BCUT2D eigenvalue weighted by Crippen LogP contribution is -2.48. The van der Waals surface area contributed by atoms with E-state index in [0.717, 1.165) is 15.2 Å². The summed E-state index contributed by atoms with van der Waals surface area (Å²) in [4.78, 5) is 12.2. The van der Waals surface area contributed by atoms with Gasteiger partial charge in [0.1, 0.15) is 0 Å². The first-order valence-electron chi connectivity index (χ1n) is 6.13. The van der Waals surface area contributed by atoms with Crippen LogP contribution in [0.4, 0.5) is 0 Å². The molecule has 1 amide bonds. The van der Waals surface area contributed by atoms with Gasteiger partial charge in [0.25, 0.3) is 5.91 Å². The number of nitrogens with one attached hydrogen (secondary N) is 1. The zero-order valence-electron chi connectivity index (χ0n) is 11.4. The predicted octanol–water partition coefficient (Wildman–Crippen LogP) is 3.49. The maximum Gasteiger partial charge on any atom is 0.251 e. The molecule has 0 fully saturated rings. The molecule has 0 heterocycles. The highest BCUT2D eigenvalue weighted by Gasteiger charge is 2.19. The van der Waals surface area contributed by atoms with Gasteiger partial charge in [-0.25, -0.2) is 0 Å². The molecule has 0 aliphatic carbocycles. The fraction of sp³-hybridized carbons (Fsp3) is 0.267. The van der Waals surface area contributed by atoms with Crippen LogP contribution in [0.5, 0.6) is 0 Å². The minimum Gasteiger partial charge on any atom is -0.346 e. The number of hydrogen-bond donors (Lipinski definition) is 2. The summed E-state index contributed by atoms with van der Waals surface area (Å²) in [6, 6.07) is 11.7. The lowest BCUT2D eigenvalue weighted by atomic mass is 10.0. The summed E-state index contributed by atoms with van der Waals surface area (Å²) in [5.41, 5.74) is 5.87. The molecule has 0 spiro atoms. The first-order valence-corrected chi connectivity index (χ1v) is 6.92. The Labute approximate surface area is 133 Å². The van der Waals surface area contributed by atoms with Crippen LogP contribution in [0.3, 0.4) is 0 Å². The summed E-state index contributed by atoms with van der Waals surface area (Å²) >= 11 is 3.44. The zero-order valence-corrected chi connectivity index (χ0v) is 13.8. The van der Waals surface area contributed by atoms with E-state index >= 15 is 0 Å². The highest BCUT2D eigenvalue weighted by atomic mass is 79.9. The van der Waals surface area contributed by atoms with E-state index in [4.69, 9.17) is 5.73 Å². The van der Waals surface area contributed by atoms with Gasteiger partial charge in [-0.1, -0.05) is 28.1 Å². The van der Waals surface area contributed by atoms with E-state index in [9.17, 15) is 4.79 Å². The Balaban J connectivity index is 0.00000200. The van der Waals surface area contributed by atoms with E-state index in [-0.39, 0.29) is 18.3 Å². The van der Waals surface area contributed by atoms with Gasteiger partial charge in [-0.2, -0.15) is 0 Å². The van der Waals surface area contributed by atoms with Crippen LogP contribution < -0.4 is 11.1 Å². The topological polar surface area (TPSA) is 55.1 Å². The largest absolute Gasteiger partial charge is 0.346 e. The number of carbonyl (C=O) groups is 1. The quantitative estimate of drug-likeness (QED) is 0.883. The van der Waals surface area contributed by atoms with Crippen LogP contribution in [0, 0.1) is 0 Å². The number of rotatable bonds is 3. The van der Waals surface area contributed by atoms with E-state index in [0.29, 0.717) is 12.1 Å². The molecule has 3 N–H and O–H groups in total. The monoisotopic (exact) mass is 356 g/mol. The second-order valence-corrected chi connectivity index (χ2v) is 6.16. The Hall–Kier alpha value is -1.10. The molecule has 2 rings (SSSR count). The third kappa shape index (κ3) is 3.95. The maximum atomic E-state index is 12.2. The first-order chi connectivity index (χ1) is 8.91. The molecule has 2 aromatic carbocycles. The first kappa shape index (κ1) is 17.0. The second kappa shape index (κ2) is 6.57. The summed E-state index contributed by atoms with van der Waals surface area (Å²) in [6.45, 7) is 4.21. The lowest BCUT2D eigenvalue weighted by Gasteiger charge is -2.24. The van der Waals surface area contributed by atoms with Crippen molar-refractivity contribution in [2.75, 3.05) is 6.54 Å². The van der Waals surface area contributed by atoms with E-state index < -0.39 is 5.54 Å². The number of carbonyl (C=O) groups excluding carboxylic acids is 1. The van der Waals surface area contributed by atoms with Crippen molar-refractivity contribution < 1.29 is 4.79 Å². The van der Waals surface area contributed by atoms with Crippen LogP contribution in [0.15, 0.2) is 40.9 Å². The van der Waals surface area contributed by atoms with E-state index in [1.54, 1.807) is 0 Å². The van der Waals surface area contributed by atoms with Crippen molar-refractivity contribution in [3.63, 3.8) is 0 Å². The molecule has 0 aliphatic rings. The normalized spacial score (nSPS) is 11.0. The Bertz CT molecular complexity index is 628. The van der Waals surface area contributed by atoms with Crippen LogP contribution in [0.2, 0.25) is 0 Å². The van der Waals surface area contributed by atoms with Crippen molar-refractivity contribution in [2.24, 2.45) is 5.73 Å². The van der Waals surface area contributed by atoms with Gasteiger partial charge < -0.3 is 11.1 Å². The smallest absolute Gasteiger partial charge is 0.251 e. The predicted molar refractivity (Wildman–Crippen MR) is 89.5 cm³/mol. The van der Waals surface area contributed by atoms with E-state index in [1.165, 1.54) is 0 Å². The Kier molecular flexibility index (Phi) is 5.57. The fourth-order valence-electron chi connectivity index (χ4n) is 1.79. The van der Waals surface area contributed by atoms with Gasteiger partial charge in [0, 0.05) is 22.1 Å². The van der Waals surface area contributed by atoms with Gasteiger partial charge in [0.05, 0.1) is 0 Å². The van der Waals surface area contributed by atoms with Gasteiger partial charge in [-0.3, -0.25) is 4.79 Å². The van der Waals surface area contributed by atoms with Crippen LogP contribution >= 0.6 is 28.3 Å². The fourth-order valence-corrected chi connectivity index (χ4v) is 2.17. The molecule has 0 saturated carbocycles. The Morgan fingerprint density at radius 1 is 1.20 bits per heavy atom. The van der Waals surface area contributed by atoms with Crippen molar-refractivity contribution >= 4 is 45.0 Å². The SMILES string of the molecule is CC(C)(CN)NC(=O)c1ccc2cc(Br)ccc2c1.Cl. The van der Waals surface area contributed by atoms with Crippen molar-refractivity contribution in [3.05, 3.63) is 46.4 Å². The van der Waals surface area contributed by atoms with Crippen molar-refractivity contribution in [3.8, 4) is 0 Å². The minimum absolute atomic E-state index is 0. The Morgan fingerprint density at radius 2 is 1.80 bits per heavy atom. The summed E-state index contributed by atoms with van der Waals surface area (Å²) < 4.78 is 1.03. The third-order valence-corrected chi connectivity index (χ3v) is 3.52. The number of amides is 1. The van der Waals surface area contributed by atoms with Crippen molar-refractivity contribution in [2.45, 2.75) is 19.4 Å². The minimum atomic E-state index is -0.397. The van der Waals surface area contributed by atoms with Gasteiger partial charge in [0.15, 0.2) is 0 Å². The number of hydrogen-bond acceptors (Lipinski definition) is 2. The summed E-state index contributed by atoms with van der Waals surface area (Å²) in [7, 11) is 0. The molecule has 2 aromatic rings.